The van der Waals surface area contributed by atoms with Crippen molar-refractivity contribution in [3.8, 4) is 0 Å². The summed E-state index contributed by atoms with van der Waals surface area (Å²) in [6, 6.07) is 13.4. The summed E-state index contributed by atoms with van der Waals surface area (Å²) in [6.07, 6.45) is 2.49. The van der Waals surface area contributed by atoms with Gasteiger partial charge in [0.2, 0.25) is 0 Å². The Morgan fingerprint density at radius 2 is 2.00 bits per heavy atom. The van der Waals surface area contributed by atoms with Crippen LogP contribution in [0.25, 0.3) is 5.65 Å². The van der Waals surface area contributed by atoms with E-state index in [1.165, 1.54) is 12.7 Å². The van der Waals surface area contributed by atoms with Crippen LogP contribution in [0.15, 0.2) is 48.7 Å². The molecule has 0 aliphatic carbocycles. The first-order valence-electron chi connectivity index (χ1n) is 6.24. The molecule has 0 aliphatic rings. The minimum atomic E-state index is -0.375. The molecule has 5 nitrogen and oxygen atoms in total. The van der Waals surface area contributed by atoms with E-state index < -0.39 is 0 Å². The molecule has 5 heteroatoms. The van der Waals surface area contributed by atoms with Gasteiger partial charge in [-0.1, -0.05) is 30.3 Å². The van der Waals surface area contributed by atoms with E-state index in [-0.39, 0.29) is 5.97 Å². The fraction of sp³-hybridized carbons (Fsp3) is 0.133. The standard InChI is InChI=1S/C15H13N3O2/c1-20-15(19)12-7-8-18-13(16-17-14(18)10-12)9-11-5-3-2-4-6-11/h2-8,10H,9H2,1H3. The third-order valence-electron chi connectivity index (χ3n) is 3.11. The molecule has 0 N–H and O–H groups in total. The molecule has 0 spiro atoms. The van der Waals surface area contributed by atoms with Crippen molar-refractivity contribution in [2.75, 3.05) is 7.11 Å². The van der Waals surface area contributed by atoms with Crippen LogP contribution in [-0.2, 0) is 11.2 Å². The quantitative estimate of drug-likeness (QED) is 0.682. The van der Waals surface area contributed by atoms with Crippen LogP contribution >= 0.6 is 0 Å². The number of methoxy groups -OCH3 is 1. The molecule has 0 bridgehead atoms. The van der Waals surface area contributed by atoms with E-state index in [9.17, 15) is 4.79 Å². The molecule has 0 radical (unpaired) electrons. The second-order valence-electron chi connectivity index (χ2n) is 4.41. The Hall–Kier alpha value is -2.69. The number of pyridine rings is 1. The van der Waals surface area contributed by atoms with Gasteiger partial charge in [-0.15, -0.1) is 10.2 Å². The summed E-state index contributed by atoms with van der Waals surface area (Å²) >= 11 is 0. The van der Waals surface area contributed by atoms with Gasteiger partial charge in [-0.25, -0.2) is 4.79 Å². The summed E-state index contributed by atoms with van der Waals surface area (Å²) in [4.78, 5) is 11.5. The highest BCUT2D eigenvalue weighted by Gasteiger charge is 2.10. The fourth-order valence-electron chi connectivity index (χ4n) is 2.08. The molecule has 0 saturated carbocycles. The number of hydrogen-bond donors (Lipinski definition) is 0. The first-order chi connectivity index (χ1) is 9.78. The fourth-order valence-corrected chi connectivity index (χ4v) is 2.08. The number of carbonyl (C=O) groups excluding carboxylic acids is 1. The van der Waals surface area contributed by atoms with Crippen LogP contribution in [0.5, 0.6) is 0 Å². The molecule has 1 aromatic carbocycles. The number of carbonyl (C=O) groups is 1. The Morgan fingerprint density at radius 1 is 1.20 bits per heavy atom. The number of benzene rings is 1. The van der Waals surface area contributed by atoms with Gasteiger partial charge in [-0.05, 0) is 17.7 Å². The molecule has 0 fully saturated rings. The number of hydrogen-bond acceptors (Lipinski definition) is 4. The number of esters is 1. The predicted octanol–water partition coefficient (Wildman–Crippen LogP) is 2.11. The van der Waals surface area contributed by atoms with E-state index >= 15 is 0 Å². The summed E-state index contributed by atoms with van der Waals surface area (Å²) in [6.45, 7) is 0. The van der Waals surface area contributed by atoms with Crippen LogP contribution in [0.1, 0.15) is 21.7 Å². The van der Waals surface area contributed by atoms with E-state index in [4.69, 9.17) is 4.74 Å². The topological polar surface area (TPSA) is 56.5 Å². The van der Waals surface area contributed by atoms with Gasteiger partial charge >= 0.3 is 5.97 Å². The van der Waals surface area contributed by atoms with Crippen LogP contribution in [-0.4, -0.2) is 27.7 Å². The van der Waals surface area contributed by atoms with Crippen molar-refractivity contribution in [3.63, 3.8) is 0 Å². The van der Waals surface area contributed by atoms with Gasteiger partial charge in [0.25, 0.3) is 0 Å². The molecule has 2 aromatic heterocycles. The van der Waals surface area contributed by atoms with Crippen molar-refractivity contribution < 1.29 is 9.53 Å². The molecule has 0 saturated heterocycles. The molecular formula is C15H13N3O2. The Labute approximate surface area is 115 Å². The Bertz CT molecular complexity index is 750. The second-order valence-corrected chi connectivity index (χ2v) is 4.41. The molecule has 0 aliphatic heterocycles. The van der Waals surface area contributed by atoms with E-state index in [2.05, 4.69) is 10.2 Å². The lowest BCUT2D eigenvalue weighted by molar-refractivity contribution is 0.0600. The zero-order valence-corrected chi connectivity index (χ0v) is 11.0. The van der Waals surface area contributed by atoms with Crippen molar-refractivity contribution in [1.82, 2.24) is 14.6 Å². The van der Waals surface area contributed by atoms with Crippen LogP contribution in [0.4, 0.5) is 0 Å². The minimum absolute atomic E-state index is 0.375. The average Bonchev–Trinajstić information content (AvgIpc) is 2.90. The van der Waals surface area contributed by atoms with Crippen molar-refractivity contribution in [3.05, 3.63) is 65.6 Å². The summed E-state index contributed by atoms with van der Waals surface area (Å²) < 4.78 is 6.57. The van der Waals surface area contributed by atoms with Crippen LogP contribution in [0.3, 0.4) is 0 Å². The van der Waals surface area contributed by atoms with E-state index in [0.717, 1.165) is 5.82 Å². The van der Waals surface area contributed by atoms with Crippen molar-refractivity contribution in [1.29, 1.82) is 0 Å². The number of fused-ring (bicyclic) bond motifs is 1. The molecule has 3 aromatic rings. The molecule has 2 heterocycles. The summed E-state index contributed by atoms with van der Waals surface area (Å²) in [5.41, 5.74) is 2.27. The number of rotatable bonds is 3. The van der Waals surface area contributed by atoms with Gasteiger partial charge in [0.1, 0.15) is 5.82 Å². The average molecular weight is 267 g/mol. The van der Waals surface area contributed by atoms with Crippen LogP contribution in [0, 0.1) is 0 Å². The van der Waals surface area contributed by atoms with E-state index in [0.29, 0.717) is 17.6 Å². The van der Waals surface area contributed by atoms with Gasteiger partial charge in [-0.3, -0.25) is 4.40 Å². The molecule has 100 valence electrons. The van der Waals surface area contributed by atoms with Crippen LogP contribution < -0.4 is 0 Å². The van der Waals surface area contributed by atoms with Crippen LogP contribution in [0.2, 0.25) is 0 Å². The Balaban J connectivity index is 1.96. The van der Waals surface area contributed by atoms with Gasteiger partial charge < -0.3 is 4.74 Å². The number of aromatic nitrogens is 3. The van der Waals surface area contributed by atoms with Gasteiger partial charge in [-0.2, -0.15) is 0 Å². The van der Waals surface area contributed by atoms with Gasteiger partial charge in [0.05, 0.1) is 12.7 Å². The SMILES string of the molecule is COC(=O)c1ccn2c(Cc3ccccc3)nnc2c1. The highest BCUT2D eigenvalue weighted by Crippen LogP contribution is 2.12. The highest BCUT2D eigenvalue weighted by molar-refractivity contribution is 5.90. The zero-order valence-electron chi connectivity index (χ0n) is 11.0. The zero-order chi connectivity index (χ0) is 13.9. The summed E-state index contributed by atoms with van der Waals surface area (Å²) in [5, 5.41) is 8.28. The predicted molar refractivity (Wildman–Crippen MR) is 73.6 cm³/mol. The maximum Gasteiger partial charge on any atom is 0.338 e. The third kappa shape index (κ3) is 2.25. The lowest BCUT2D eigenvalue weighted by Crippen LogP contribution is -2.03. The lowest BCUT2D eigenvalue weighted by atomic mass is 10.1. The molecular weight excluding hydrogens is 254 g/mol. The Kier molecular flexibility index (Phi) is 3.16. The van der Waals surface area contributed by atoms with E-state index in [1.54, 1.807) is 18.3 Å². The van der Waals surface area contributed by atoms with Gasteiger partial charge in [0.15, 0.2) is 5.65 Å². The largest absolute Gasteiger partial charge is 0.465 e. The number of nitrogens with zero attached hydrogens (tertiary/aromatic N) is 3. The van der Waals surface area contributed by atoms with Crippen molar-refractivity contribution in [2.45, 2.75) is 6.42 Å². The highest BCUT2D eigenvalue weighted by atomic mass is 16.5. The van der Waals surface area contributed by atoms with Crippen molar-refractivity contribution >= 4 is 11.6 Å². The summed E-state index contributed by atoms with van der Waals surface area (Å²) in [5.74, 6) is 0.461. The van der Waals surface area contributed by atoms with E-state index in [1.807, 2.05) is 34.7 Å². The minimum Gasteiger partial charge on any atom is -0.465 e. The monoisotopic (exact) mass is 267 g/mol. The molecule has 3 rings (SSSR count). The second kappa shape index (κ2) is 5.13. The third-order valence-corrected chi connectivity index (χ3v) is 3.11. The maximum atomic E-state index is 11.5. The van der Waals surface area contributed by atoms with Gasteiger partial charge in [0, 0.05) is 12.6 Å². The first-order valence-corrected chi connectivity index (χ1v) is 6.24. The maximum absolute atomic E-state index is 11.5. The number of ether oxygens (including phenoxy) is 1. The summed E-state index contributed by atoms with van der Waals surface area (Å²) in [7, 11) is 1.36. The Morgan fingerprint density at radius 3 is 2.75 bits per heavy atom. The normalized spacial score (nSPS) is 10.7. The first kappa shape index (κ1) is 12.3. The molecule has 0 atom stereocenters. The molecule has 0 amide bonds. The molecule has 0 unspecified atom stereocenters. The smallest absolute Gasteiger partial charge is 0.338 e. The van der Waals surface area contributed by atoms with Crippen molar-refractivity contribution in [2.24, 2.45) is 0 Å². The molecule has 20 heavy (non-hydrogen) atoms. The lowest BCUT2D eigenvalue weighted by Gasteiger charge is -2.02.